The summed E-state index contributed by atoms with van der Waals surface area (Å²) < 4.78 is 0.910. The van der Waals surface area contributed by atoms with Crippen LogP contribution in [0.2, 0.25) is 0 Å². The molecule has 0 saturated heterocycles. The summed E-state index contributed by atoms with van der Waals surface area (Å²) in [6, 6.07) is 9.72. The molecule has 0 N–H and O–H groups in total. The van der Waals surface area contributed by atoms with Gasteiger partial charge in [-0.15, -0.1) is 0 Å². The predicted octanol–water partition coefficient (Wildman–Crippen LogP) is 1.23. The van der Waals surface area contributed by atoms with Crippen molar-refractivity contribution in [3.8, 4) is 0 Å². The highest BCUT2D eigenvalue weighted by Crippen LogP contribution is 2.12. The van der Waals surface area contributed by atoms with E-state index in [9.17, 15) is 4.91 Å². The molecule has 0 aliphatic carbocycles. The molecule has 1 heterocycles. The van der Waals surface area contributed by atoms with Crippen molar-refractivity contribution in [3.63, 3.8) is 0 Å². The Kier molecular flexibility index (Phi) is 2.04. The molecule has 4 nitrogen and oxygen atoms in total. The van der Waals surface area contributed by atoms with E-state index in [0.29, 0.717) is 6.67 Å². The van der Waals surface area contributed by atoms with E-state index in [1.807, 2.05) is 35.2 Å². The Hall–Kier alpha value is -1.71. The van der Waals surface area contributed by atoms with Crippen LogP contribution in [0.4, 0.5) is 5.69 Å². The molecule has 13 heavy (non-hydrogen) atoms. The van der Waals surface area contributed by atoms with Gasteiger partial charge in [-0.1, -0.05) is 18.2 Å². The number of aliphatic imine (C=N–C) groups is 1. The molecule has 0 unspecified atom stereocenters. The Morgan fingerprint density at radius 3 is 2.77 bits per heavy atom. The van der Waals surface area contributed by atoms with Crippen LogP contribution in [-0.2, 0) is 0 Å². The van der Waals surface area contributed by atoms with E-state index < -0.39 is 0 Å². The minimum Gasteiger partial charge on any atom is -0.273 e. The molecule has 1 aliphatic rings. The van der Waals surface area contributed by atoms with Crippen molar-refractivity contribution in [1.82, 2.24) is 0 Å². The first-order valence-corrected chi connectivity index (χ1v) is 4.10. The minimum absolute atomic E-state index is 0.239. The lowest BCUT2D eigenvalue weighted by Crippen LogP contribution is -2.34. The number of hydrogen-bond acceptors (Lipinski definition) is 3. The smallest absolute Gasteiger partial charge is 0.273 e. The molecule has 0 amide bonds. The molecule has 66 valence electrons. The zero-order chi connectivity index (χ0) is 9.10. The molecular formula is C9H10N3O+. The van der Waals surface area contributed by atoms with E-state index in [1.54, 1.807) is 6.34 Å². The molecule has 2 rings (SSSR count). The molecular weight excluding hydrogens is 166 g/mol. The van der Waals surface area contributed by atoms with Crippen LogP contribution in [-0.4, -0.2) is 24.4 Å². The molecule has 0 bridgehead atoms. The summed E-state index contributed by atoms with van der Waals surface area (Å²) in [5.74, 6) is 0. The first kappa shape index (κ1) is 7.91. The number of hydrogen-bond donors (Lipinski definition) is 0. The van der Waals surface area contributed by atoms with Crippen LogP contribution in [0.15, 0.2) is 35.3 Å². The van der Waals surface area contributed by atoms with E-state index >= 15 is 0 Å². The fourth-order valence-corrected chi connectivity index (χ4v) is 1.25. The summed E-state index contributed by atoms with van der Waals surface area (Å²) in [5, 5.41) is 0. The van der Waals surface area contributed by atoms with Crippen molar-refractivity contribution >= 4 is 12.0 Å². The van der Waals surface area contributed by atoms with Crippen LogP contribution in [0.1, 0.15) is 0 Å². The van der Waals surface area contributed by atoms with Gasteiger partial charge in [-0.25, -0.2) is 4.99 Å². The molecule has 1 aromatic carbocycles. The van der Waals surface area contributed by atoms with E-state index in [4.69, 9.17) is 0 Å². The van der Waals surface area contributed by atoms with Gasteiger partial charge in [-0.3, -0.25) is 4.90 Å². The first-order valence-electron chi connectivity index (χ1n) is 4.10. The monoisotopic (exact) mass is 176 g/mol. The van der Waals surface area contributed by atoms with Crippen LogP contribution >= 0.6 is 0 Å². The maximum atomic E-state index is 11.0. The average Bonchev–Trinajstić information content (AvgIpc) is 2.19. The zero-order valence-corrected chi connectivity index (χ0v) is 7.13. The van der Waals surface area contributed by atoms with Gasteiger partial charge in [0, 0.05) is 15.4 Å². The molecule has 0 fully saturated rings. The maximum absolute atomic E-state index is 11.0. The quantitative estimate of drug-likeness (QED) is 0.603. The van der Waals surface area contributed by atoms with Gasteiger partial charge in [0.2, 0.25) is 0 Å². The molecule has 0 spiro atoms. The van der Waals surface area contributed by atoms with Crippen molar-refractivity contribution < 1.29 is 4.76 Å². The molecule has 0 radical (unpaired) electrons. The highest BCUT2D eigenvalue weighted by atomic mass is 16.3. The largest absolute Gasteiger partial charge is 0.287 e. The van der Waals surface area contributed by atoms with E-state index in [1.165, 1.54) is 0 Å². The van der Waals surface area contributed by atoms with Crippen molar-refractivity contribution in [2.45, 2.75) is 0 Å². The second kappa shape index (κ2) is 3.35. The number of nitroso groups, excluding NO2 is 1. The summed E-state index contributed by atoms with van der Waals surface area (Å²) in [4.78, 5) is 16.8. The zero-order valence-electron chi connectivity index (χ0n) is 7.13. The molecule has 1 aliphatic heterocycles. The third-order valence-electron chi connectivity index (χ3n) is 1.86. The standard InChI is InChI=1S/C9H10N3O/c13-12-7-10-6-11(8-12)9-4-2-1-3-5-9/h1-6H,7-8H2/q+1. The van der Waals surface area contributed by atoms with E-state index in [2.05, 4.69) is 4.99 Å². The van der Waals surface area contributed by atoms with Gasteiger partial charge in [0.15, 0.2) is 0 Å². The Morgan fingerprint density at radius 1 is 1.31 bits per heavy atom. The highest BCUT2D eigenvalue weighted by Gasteiger charge is 2.17. The van der Waals surface area contributed by atoms with Crippen molar-refractivity contribution in [3.05, 3.63) is 35.2 Å². The normalized spacial score (nSPS) is 16.3. The number of rotatable bonds is 1. The average molecular weight is 176 g/mol. The summed E-state index contributed by atoms with van der Waals surface area (Å²) in [6.45, 7) is 0.594. The topological polar surface area (TPSA) is 35.7 Å². The van der Waals surface area contributed by atoms with Crippen LogP contribution in [0.3, 0.4) is 0 Å². The molecule has 0 atom stereocenters. The Balaban J connectivity index is 2.22. The van der Waals surface area contributed by atoms with Crippen molar-refractivity contribution in [1.29, 1.82) is 0 Å². The second-order valence-corrected chi connectivity index (χ2v) is 2.87. The van der Waals surface area contributed by atoms with Crippen molar-refractivity contribution in [2.24, 2.45) is 4.99 Å². The highest BCUT2D eigenvalue weighted by molar-refractivity contribution is 5.78. The summed E-state index contributed by atoms with van der Waals surface area (Å²) in [6.07, 6.45) is 1.70. The number of benzene rings is 1. The fourth-order valence-electron chi connectivity index (χ4n) is 1.25. The van der Waals surface area contributed by atoms with E-state index in [0.717, 1.165) is 10.4 Å². The number of anilines is 1. The Labute approximate surface area is 76.1 Å². The van der Waals surface area contributed by atoms with Gasteiger partial charge < -0.3 is 0 Å². The fraction of sp³-hybridized carbons (Fsp3) is 0.222. The predicted molar refractivity (Wildman–Crippen MR) is 50.8 cm³/mol. The summed E-state index contributed by atoms with van der Waals surface area (Å²) >= 11 is 0. The molecule has 1 aromatic rings. The minimum atomic E-state index is 0.239. The third kappa shape index (κ3) is 1.72. The maximum Gasteiger partial charge on any atom is 0.287 e. The SMILES string of the molecule is O=[N+]1CN=CN(c2ccccc2)C1. The Morgan fingerprint density at radius 2 is 2.08 bits per heavy atom. The lowest BCUT2D eigenvalue weighted by molar-refractivity contribution is -0.547. The van der Waals surface area contributed by atoms with Gasteiger partial charge in [0.25, 0.3) is 13.3 Å². The van der Waals surface area contributed by atoms with Crippen LogP contribution < -0.4 is 4.90 Å². The lowest BCUT2D eigenvalue weighted by atomic mass is 10.3. The summed E-state index contributed by atoms with van der Waals surface area (Å²) in [5.41, 5.74) is 0.992. The molecule has 0 aromatic heterocycles. The lowest BCUT2D eigenvalue weighted by Gasteiger charge is -2.16. The molecule has 0 saturated carbocycles. The van der Waals surface area contributed by atoms with Gasteiger partial charge in [0.1, 0.15) is 6.34 Å². The molecule has 4 heteroatoms. The van der Waals surface area contributed by atoms with Gasteiger partial charge in [-0.05, 0) is 12.1 Å². The van der Waals surface area contributed by atoms with Gasteiger partial charge >= 0.3 is 0 Å². The van der Waals surface area contributed by atoms with Crippen molar-refractivity contribution in [2.75, 3.05) is 18.2 Å². The Bertz CT molecular complexity index is 334. The van der Waals surface area contributed by atoms with Crippen LogP contribution in [0, 0.1) is 4.91 Å². The van der Waals surface area contributed by atoms with Gasteiger partial charge in [0.05, 0.1) is 0 Å². The summed E-state index contributed by atoms with van der Waals surface area (Å²) in [7, 11) is 0. The van der Waals surface area contributed by atoms with Crippen LogP contribution in [0.5, 0.6) is 0 Å². The number of para-hydroxylation sites is 1. The van der Waals surface area contributed by atoms with Gasteiger partial charge in [-0.2, -0.15) is 0 Å². The second-order valence-electron chi connectivity index (χ2n) is 2.87. The number of nitrogens with zero attached hydrogens (tertiary/aromatic N) is 3. The first-order chi connectivity index (χ1) is 6.36. The van der Waals surface area contributed by atoms with E-state index in [-0.39, 0.29) is 6.67 Å². The van der Waals surface area contributed by atoms with Crippen LogP contribution in [0.25, 0.3) is 0 Å². The third-order valence-corrected chi connectivity index (χ3v) is 1.86.